The van der Waals surface area contributed by atoms with E-state index in [2.05, 4.69) is 5.32 Å². The van der Waals surface area contributed by atoms with Crippen LogP contribution in [0, 0.1) is 11.8 Å². The number of anilines is 1. The van der Waals surface area contributed by atoms with Crippen molar-refractivity contribution >= 4 is 29.9 Å². The van der Waals surface area contributed by atoms with E-state index < -0.39 is 0 Å². The summed E-state index contributed by atoms with van der Waals surface area (Å²) < 4.78 is 0. The van der Waals surface area contributed by atoms with Gasteiger partial charge in [-0.1, -0.05) is 25.7 Å². The molecule has 2 aliphatic carbocycles. The molecule has 0 bridgehead atoms. The number of rotatable bonds is 5. The second kappa shape index (κ2) is 10.1. The van der Waals surface area contributed by atoms with Gasteiger partial charge in [-0.15, -0.1) is 12.4 Å². The van der Waals surface area contributed by atoms with E-state index in [9.17, 15) is 9.59 Å². The molecule has 150 valence electrons. The zero-order chi connectivity index (χ0) is 18.5. The van der Waals surface area contributed by atoms with Crippen LogP contribution in [0.1, 0.15) is 61.7 Å². The van der Waals surface area contributed by atoms with Crippen LogP contribution in [0.3, 0.4) is 0 Å². The summed E-state index contributed by atoms with van der Waals surface area (Å²) in [6.45, 7) is 0.568. The van der Waals surface area contributed by atoms with Crippen molar-refractivity contribution in [3.63, 3.8) is 0 Å². The van der Waals surface area contributed by atoms with Gasteiger partial charge < -0.3 is 16.0 Å². The minimum atomic E-state index is 0. The molecular weight excluding hydrogens is 362 g/mol. The summed E-state index contributed by atoms with van der Waals surface area (Å²) in [7, 11) is 1.90. The molecule has 0 aromatic heterocycles. The van der Waals surface area contributed by atoms with E-state index >= 15 is 0 Å². The maximum atomic E-state index is 12.7. The van der Waals surface area contributed by atoms with Gasteiger partial charge in [0.15, 0.2) is 0 Å². The van der Waals surface area contributed by atoms with Crippen molar-refractivity contribution < 1.29 is 9.59 Å². The Bertz CT molecular complexity index is 629. The van der Waals surface area contributed by atoms with Crippen molar-refractivity contribution in [2.75, 3.05) is 18.9 Å². The van der Waals surface area contributed by atoms with E-state index in [1.165, 1.54) is 19.3 Å². The summed E-state index contributed by atoms with van der Waals surface area (Å²) >= 11 is 0. The van der Waals surface area contributed by atoms with Crippen LogP contribution in [-0.4, -0.2) is 36.3 Å². The lowest BCUT2D eigenvalue weighted by atomic mass is 9.94. The standard InChI is InChI=1S/C21H31N3O2.ClH/c1-24(18-7-3-2-4-8-18)21(26)15-10-12-17(13-11-15)23-20(25)19-9-5-6-16(19)14-22;/h10-13,16,18-19H,2-9,14,22H2,1H3,(H,23,25);1H/t16-,19-;/m1./s1. The lowest BCUT2D eigenvalue weighted by molar-refractivity contribution is -0.120. The molecule has 0 radical (unpaired) electrons. The number of carbonyl (C=O) groups excluding carboxylic acids is 2. The highest BCUT2D eigenvalue weighted by atomic mass is 35.5. The maximum absolute atomic E-state index is 12.7. The Hall–Kier alpha value is -1.59. The van der Waals surface area contributed by atoms with Crippen LogP contribution in [0.5, 0.6) is 0 Å². The molecule has 0 unspecified atom stereocenters. The van der Waals surface area contributed by atoms with Gasteiger partial charge in [0.25, 0.3) is 5.91 Å². The van der Waals surface area contributed by atoms with Gasteiger partial charge in [0.2, 0.25) is 5.91 Å². The van der Waals surface area contributed by atoms with Gasteiger partial charge in [-0.2, -0.15) is 0 Å². The van der Waals surface area contributed by atoms with Gasteiger partial charge in [-0.25, -0.2) is 0 Å². The van der Waals surface area contributed by atoms with E-state index in [0.29, 0.717) is 24.1 Å². The predicted molar refractivity (Wildman–Crippen MR) is 111 cm³/mol. The quantitative estimate of drug-likeness (QED) is 0.798. The van der Waals surface area contributed by atoms with Crippen LogP contribution >= 0.6 is 12.4 Å². The van der Waals surface area contributed by atoms with Crippen LogP contribution in [-0.2, 0) is 4.79 Å². The Balaban J connectivity index is 0.00000261. The molecule has 0 heterocycles. The molecule has 1 aromatic rings. The Morgan fingerprint density at radius 1 is 1.04 bits per heavy atom. The van der Waals surface area contributed by atoms with Crippen LogP contribution in [0.25, 0.3) is 0 Å². The number of nitrogens with one attached hydrogen (secondary N) is 1. The first-order chi connectivity index (χ1) is 12.6. The maximum Gasteiger partial charge on any atom is 0.253 e. The van der Waals surface area contributed by atoms with Crippen molar-refractivity contribution in [2.24, 2.45) is 17.6 Å². The van der Waals surface area contributed by atoms with Crippen LogP contribution in [0.15, 0.2) is 24.3 Å². The van der Waals surface area contributed by atoms with Crippen LogP contribution in [0.2, 0.25) is 0 Å². The Morgan fingerprint density at radius 2 is 1.70 bits per heavy atom. The number of benzene rings is 1. The van der Waals surface area contributed by atoms with Crippen molar-refractivity contribution in [3.8, 4) is 0 Å². The Labute approximate surface area is 168 Å². The Morgan fingerprint density at radius 3 is 2.33 bits per heavy atom. The summed E-state index contributed by atoms with van der Waals surface area (Å²) in [6.07, 6.45) is 8.91. The normalized spacial score (nSPS) is 22.7. The molecule has 1 aromatic carbocycles. The average molecular weight is 394 g/mol. The number of nitrogens with two attached hydrogens (primary N) is 1. The number of hydrogen-bond donors (Lipinski definition) is 2. The van der Waals surface area contributed by atoms with Crippen molar-refractivity contribution in [1.29, 1.82) is 0 Å². The minimum Gasteiger partial charge on any atom is -0.339 e. The van der Waals surface area contributed by atoms with E-state index in [4.69, 9.17) is 5.73 Å². The highest BCUT2D eigenvalue weighted by molar-refractivity contribution is 5.96. The first-order valence-corrected chi connectivity index (χ1v) is 9.98. The molecular formula is C21H32ClN3O2. The third-order valence-electron chi connectivity index (χ3n) is 6.14. The molecule has 2 saturated carbocycles. The third kappa shape index (κ3) is 5.23. The highest BCUT2D eigenvalue weighted by Crippen LogP contribution is 2.32. The number of hydrogen-bond acceptors (Lipinski definition) is 3. The first kappa shape index (κ1) is 21.7. The van der Waals surface area contributed by atoms with Crippen LogP contribution < -0.4 is 11.1 Å². The van der Waals surface area contributed by atoms with Crippen molar-refractivity contribution in [2.45, 2.75) is 57.4 Å². The first-order valence-electron chi connectivity index (χ1n) is 9.98. The average Bonchev–Trinajstić information content (AvgIpc) is 3.17. The SMILES string of the molecule is CN(C(=O)c1ccc(NC(=O)[C@@H]2CCC[C@@H]2CN)cc1)C1CCCCC1.Cl. The Kier molecular flexibility index (Phi) is 8.11. The van der Waals surface area contributed by atoms with Gasteiger partial charge in [0, 0.05) is 30.3 Å². The monoisotopic (exact) mass is 393 g/mol. The van der Waals surface area contributed by atoms with E-state index in [1.807, 2.05) is 36.2 Å². The molecule has 3 rings (SSSR count). The van der Waals surface area contributed by atoms with Gasteiger partial charge in [-0.05, 0) is 62.4 Å². The molecule has 3 N–H and O–H groups in total. The van der Waals surface area contributed by atoms with Crippen molar-refractivity contribution in [1.82, 2.24) is 4.90 Å². The molecule has 27 heavy (non-hydrogen) atoms. The second-order valence-corrected chi connectivity index (χ2v) is 7.81. The van der Waals surface area contributed by atoms with Gasteiger partial charge in [0.05, 0.1) is 0 Å². The lowest BCUT2D eigenvalue weighted by Crippen LogP contribution is -2.38. The minimum absolute atomic E-state index is 0. The van der Waals surface area contributed by atoms with Crippen LogP contribution in [0.4, 0.5) is 5.69 Å². The molecule has 6 heteroatoms. The fraction of sp³-hybridized carbons (Fsp3) is 0.619. The number of amides is 2. The third-order valence-corrected chi connectivity index (χ3v) is 6.14. The summed E-state index contributed by atoms with van der Waals surface area (Å²) in [6, 6.07) is 7.63. The van der Waals surface area contributed by atoms with Crippen molar-refractivity contribution in [3.05, 3.63) is 29.8 Å². The summed E-state index contributed by atoms with van der Waals surface area (Å²) in [5, 5.41) is 2.99. The number of nitrogens with zero attached hydrogens (tertiary/aromatic N) is 1. The smallest absolute Gasteiger partial charge is 0.253 e. The summed E-state index contributed by atoms with van der Waals surface area (Å²) in [5.41, 5.74) is 7.20. The summed E-state index contributed by atoms with van der Waals surface area (Å²) in [5.74, 6) is 0.420. The van der Waals surface area contributed by atoms with Gasteiger partial charge >= 0.3 is 0 Å². The van der Waals surface area contributed by atoms with E-state index in [0.717, 1.165) is 37.8 Å². The molecule has 0 aliphatic heterocycles. The predicted octanol–water partition coefficient (Wildman–Crippen LogP) is 3.83. The largest absolute Gasteiger partial charge is 0.339 e. The molecule has 0 spiro atoms. The zero-order valence-corrected chi connectivity index (χ0v) is 17.0. The molecule has 0 saturated heterocycles. The molecule has 2 fully saturated rings. The molecule has 2 aliphatic rings. The fourth-order valence-corrected chi connectivity index (χ4v) is 4.43. The molecule has 2 atom stereocenters. The van der Waals surface area contributed by atoms with E-state index in [1.54, 1.807) is 0 Å². The number of halogens is 1. The van der Waals surface area contributed by atoms with E-state index in [-0.39, 0.29) is 30.1 Å². The summed E-state index contributed by atoms with van der Waals surface area (Å²) in [4.78, 5) is 27.1. The topological polar surface area (TPSA) is 75.4 Å². The molecule has 5 nitrogen and oxygen atoms in total. The zero-order valence-electron chi connectivity index (χ0n) is 16.2. The number of carbonyl (C=O) groups is 2. The van der Waals surface area contributed by atoms with Gasteiger partial charge in [0.1, 0.15) is 0 Å². The second-order valence-electron chi connectivity index (χ2n) is 7.81. The highest BCUT2D eigenvalue weighted by Gasteiger charge is 2.32. The van der Waals surface area contributed by atoms with Gasteiger partial charge in [-0.3, -0.25) is 9.59 Å². The fourth-order valence-electron chi connectivity index (χ4n) is 4.43. The molecule has 2 amide bonds. The lowest BCUT2D eigenvalue weighted by Gasteiger charge is -2.31.